The molecule has 0 aromatic heterocycles. The van der Waals surface area contributed by atoms with Gasteiger partial charge in [-0.25, -0.2) is 0 Å². The fourth-order valence-corrected chi connectivity index (χ4v) is 1.86. The molecule has 0 unspecified atom stereocenters. The third kappa shape index (κ3) is 24.4. The Balaban J connectivity index is -0.000000114. The predicted octanol–water partition coefficient (Wildman–Crippen LogP) is 0.100. The molecule has 0 spiro atoms. The summed E-state index contributed by atoms with van der Waals surface area (Å²) in [4.78, 5) is 10.8. The van der Waals surface area contributed by atoms with Gasteiger partial charge < -0.3 is 22.4 Å². The summed E-state index contributed by atoms with van der Waals surface area (Å²) < 4.78 is 11.0. The van der Waals surface area contributed by atoms with Gasteiger partial charge in [0.1, 0.15) is 5.60 Å². The van der Waals surface area contributed by atoms with Crippen molar-refractivity contribution in [2.24, 2.45) is 11.5 Å². The van der Waals surface area contributed by atoms with Crippen LogP contribution in [-0.4, -0.2) is 54.2 Å². The Hall–Kier alpha value is 0.480. The van der Waals surface area contributed by atoms with E-state index in [1.807, 2.05) is 13.8 Å². The smallest absolute Gasteiger partial charge is 1.00 e. The molecule has 1 amide bonds. The first-order valence-electron chi connectivity index (χ1n) is 9.90. The van der Waals surface area contributed by atoms with Crippen molar-refractivity contribution in [3.63, 3.8) is 0 Å². The Bertz CT molecular complexity index is 337. The van der Waals surface area contributed by atoms with Crippen LogP contribution in [0.15, 0.2) is 0 Å². The molecule has 0 aliphatic rings. The van der Waals surface area contributed by atoms with Gasteiger partial charge >= 0.3 is 18.9 Å². The summed E-state index contributed by atoms with van der Waals surface area (Å²) >= 11 is 0. The molecule has 0 aromatic rings. The number of rotatable bonds is 14. The number of carbonyl (C=O) groups is 1. The quantitative estimate of drug-likeness (QED) is 0.321. The van der Waals surface area contributed by atoms with Gasteiger partial charge in [0.15, 0.2) is 17.4 Å². The van der Waals surface area contributed by atoms with Gasteiger partial charge in [-0.1, -0.05) is 52.4 Å². The largest absolute Gasteiger partial charge is 1.00 e. The van der Waals surface area contributed by atoms with Crippen molar-refractivity contribution in [1.29, 1.82) is 0 Å². The van der Waals surface area contributed by atoms with E-state index in [9.17, 15) is 4.79 Å². The van der Waals surface area contributed by atoms with Crippen LogP contribution in [0.3, 0.4) is 0 Å². The molecule has 0 heterocycles. The summed E-state index contributed by atoms with van der Waals surface area (Å²) in [6.07, 6.45) is 9.62. The molecule has 0 aromatic carbocycles. The molecule has 0 radical (unpaired) electrons. The van der Waals surface area contributed by atoms with Crippen molar-refractivity contribution in [3.05, 3.63) is 0 Å². The van der Waals surface area contributed by atoms with Crippen molar-refractivity contribution >= 4 is 23.3 Å². The van der Waals surface area contributed by atoms with Gasteiger partial charge in [0.25, 0.3) is 0 Å². The average Bonchev–Trinajstić information content (AvgIpc) is 2.55. The molecule has 4 N–H and O–H groups in total. The summed E-state index contributed by atoms with van der Waals surface area (Å²) in [6.45, 7) is 13.9. The number of unbranched alkanes of at least 4 members (excludes halogenated alkanes) is 6. The first-order valence-corrected chi connectivity index (χ1v) is 9.90. The second kappa shape index (κ2) is 21.2. The fourth-order valence-electron chi connectivity index (χ4n) is 1.86. The van der Waals surface area contributed by atoms with Gasteiger partial charge in [0.2, 0.25) is 5.91 Å². The third-order valence-electron chi connectivity index (χ3n) is 4.04. The van der Waals surface area contributed by atoms with E-state index in [1.165, 1.54) is 32.1 Å². The third-order valence-corrected chi connectivity index (χ3v) is 4.04. The molecule has 0 saturated heterocycles. The molecular weight excluding hydrogens is 350 g/mol. The van der Waals surface area contributed by atoms with Gasteiger partial charge in [0, 0.05) is 19.8 Å². The maximum absolute atomic E-state index is 10.8. The number of ether oxygens (including phenoxy) is 2. The first-order chi connectivity index (χ1) is 11.6. The maximum atomic E-state index is 10.8. The van der Waals surface area contributed by atoms with E-state index in [4.69, 9.17) is 20.9 Å². The Morgan fingerprint density at radius 1 is 0.852 bits per heavy atom. The number of primary amides is 1. The van der Waals surface area contributed by atoms with Gasteiger partial charge in [-0.15, -0.1) is 0 Å². The summed E-state index contributed by atoms with van der Waals surface area (Å²) in [6, 6.07) is 0. The van der Waals surface area contributed by atoms with Crippen LogP contribution in [0.5, 0.6) is 0 Å². The monoisotopic (exact) mass is 398 g/mol. The predicted molar refractivity (Wildman–Crippen MR) is 118 cm³/mol. The molecule has 5 nitrogen and oxygen atoms in total. The van der Waals surface area contributed by atoms with Crippen molar-refractivity contribution in [2.75, 3.05) is 19.8 Å². The molecule has 0 aliphatic heterocycles. The molecule has 0 atom stereocenters. The molecular formula is C20H48AlLiN2O3. The van der Waals surface area contributed by atoms with Crippen LogP contribution in [0.4, 0.5) is 0 Å². The van der Waals surface area contributed by atoms with Crippen molar-refractivity contribution in [2.45, 2.75) is 104 Å². The van der Waals surface area contributed by atoms with Crippen molar-refractivity contribution in [3.8, 4) is 0 Å². The topological polar surface area (TPSA) is 87.6 Å². The van der Waals surface area contributed by atoms with Gasteiger partial charge in [-0.05, 0) is 40.5 Å². The van der Waals surface area contributed by atoms with Gasteiger partial charge in [0.05, 0.1) is 5.60 Å². The van der Waals surface area contributed by atoms with Crippen LogP contribution in [-0.2, 0) is 14.3 Å². The normalized spacial score (nSPS) is 10.9. The summed E-state index contributed by atoms with van der Waals surface area (Å²) in [5.41, 5.74) is 9.72. The van der Waals surface area contributed by atoms with E-state index < -0.39 is 11.5 Å². The molecule has 27 heavy (non-hydrogen) atoms. The Labute approximate surface area is 192 Å². The fraction of sp³-hybridized carbons (Fsp3) is 0.950. The number of nitrogens with two attached hydrogens (primary N) is 2. The Kier molecular flexibility index (Phi) is 27.4. The Morgan fingerprint density at radius 2 is 1.26 bits per heavy atom. The van der Waals surface area contributed by atoms with Crippen LogP contribution >= 0.6 is 0 Å². The van der Waals surface area contributed by atoms with Crippen molar-refractivity contribution in [1.82, 2.24) is 0 Å². The Morgan fingerprint density at radius 3 is 1.59 bits per heavy atom. The maximum Gasteiger partial charge on any atom is 1.00 e. The minimum absolute atomic E-state index is 0. The number of carbonyl (C=O) groups excluding carboxylic acids is 1. The number of hydrogen-bond acceptors (Lipinski definition) is 4. The molecule has 160 valence electrons. The number of amides is 1. The van der Waals surface area contributed by atoms with Crippen LogP contribution in [0.25, 0.3) is 0 Å². The molecule has 7 heteroatoms. The van der Waals surface area contributed by atoms with E-state index in [0.29, 0.717) is 13.2 Å². The van der Waals surface area contributed by atoms with Crippen LogP contribution < -0.4 is 30.3 Å². The number of hydrogen-bond donors (Lipinski definition) is 2. The first kappa shape index (κ1) is 35.0. The second-order valence-electron chi connectivity index (χ2n) is 7.66. The summed E-state index contributed by atoms with van der Waals surface area (Å²) in [5.74, 6) is -0.400. The zero-order chi connectivity index (χ0) is 19.8. The zero-order valence-electron chi connectivity index (χ0n) is 19.7. The molecule has 0 fully saturated rings. The summed E-state index contributed by atoms with van der Waals surface area (Å²) in [5, 5.41) is 0. The molecule has 0 bridgehead atoms. The van der Waals surface area contributed by atoms with E-state index in [-0.39, 0.29) is 43.2 Å². The average molecular weight is 399 g/mol. The van der Waals surface area contributed by atoms with Crippen molar-refractivity contribution < 1.29 is 34.6 Å². The molecule has 0 rings (SSSR count). The second-order valence-corrected chi connectivity index (χ2v) is 7.66. The van der Waals surface area contributed by atoms with Crippen LogP contribution in [0, 0.1) is 0 Å². The van der Waals surface area contributed by atoms with E-state index in [0.717, 1.165) is 25.9 Å². The molecule has 0 saturated carbocycles. The van der Waals surface area contributed by atoms with Gasteiger partial charge in [-0.3, -0.25) is 4.79 Å². The van der Waals surface area contributed by atoms with Crippen LogP contribution in [0.2, 0.25) is 0 Å². The van der Waals surface area contributed by atoms with E-state index in [1.54, 1.807) is 13.8 Å². The van der Waals surface area contributed by atoms with E-state index >= 15 is 0 Å². The minimum atomic E-state index is -0.813. The van der Waals surface area contributed by atoms with E-state index in [2.05, 4.69) is 13.8 Å². The zero-order valence-corrected chi connectivity index (χ0v) is 18.7. The molecule has 0 aliphatic carbocycles. The SMILES string of the molecule is CCCCCCOC(C)(C)C(N)=O.CCCCCCOC(C)(C)CN.[AlH3].[H-].[Li+]. The van der Waals surface area contributed by atoms with Crippen LogP contribution in [0.1, 0.15) is 94.3 Å². The summed E-state index contributed by atoms with van der Waals surface area (Å²) in [7, 11) is 0. The van der Waals surface area contributed by atoms with Gasteiger partial charge in [-0.2, -0.15) is 0 Å². The minimum Gasteiger partial charge on any atom is -1.00 e. The standard InChI is InChI=1S/C10H21NO2.C10H23NO.Al.Li.4H/c1-4-5-6-7-8-13-10(2,3)9(11)12;1-4-5-6-7-8-12-10(2,3)9-11;;;;;;/h4-8H2,1-3H3,(H2,11,12);4-9,11H2,1-3H3;;;;;;/q;;;+1;;;;-1.